The highest BCUT2D eigenvalue weighted by Gasteiger charge is 2.31. The van der Waals surface area contributed by atoms with Gasteiger partial charge in [-0.25, -0.2) is 9.18 Å². The van der Waals surface area contributed by atoms with E-state index in [1.807, 2.05) is 19.0 Å². The zero-order chi connectivity index (χ0) is 17.0. The van der Waals surface area contributed by atoms with Gasteiger partial charge in [0.2, 0.25) is 5.91 Å². The maximum atomic E-state index is 13.1. The number of hydrogen-bond donors (Lipinski definition) is 0. The molecule has 2 amide bonds. The van der Waals surface area contributed by atoms with Crippen LogP contribution in [0.15, 0.2) is 24.3 Å². The van der Waals surface area contributed by atoms with E-state index in [1.54, 1.807) is 21.9 Å². The number of methoxy groups -OCH3 is 1. The molecule has 0 spiro atoms. The Labute approximate surface area is 135 Å². The predicted molar refractivity (Wildman–Crippen MR) is 83.4 cm³/mol. The van der Waals surface area contributed by atoms with Crippen LogP contribution in [0.5, 0.6) is 0 Å². The second kappa shape index (κ2) is 7.41. The van der Waals surface area contributed by atoms with Gasteiger partial charge in [-0.2, -0.15) is 0 Å². The fourth-order valence-corrected chi connectivity index (χ4v) is 2.72. The molecule has 0 radical (unpaired) electrons. The second-order valence-electron chi connectivity index (χ2n) is 5.70. The van der Waals surface area contributed by atoms with Crippen LogP contribution in [0.25, 0.3) is 0 Å². The molecule has 0 bridgehead atoms. The molecule has 6 nitrogen and oxygen atoms in total. The molecule has 1 aromatic rings. The number of nitrogens with zero attached hydrogens (tertiary/aromatic N) is 3. The van der Waals surface area contributed by atoms with Crippen molar-refractivity contribution in [2.45, 2.75) is 6.04 Å². The van der Waals surface area contributed by atoms with Crippen molar-refractivity contribution >= 4 is 12.0 Å². The summed E-state index contributed by atoms with van der Waals surface area (Å²) in [7, 11) is 4.98. The van der Waals surface area contributed by atoms with Gasteiger partial charge in [0.1, 0.15) is 11.9 Å². The number of carbonyl (C=O) groups excluding carboxylic acids is 2. The van der Waals surface area contributed by atoms with Crippen molar-refractivity contribution in [2.75, 3.05) is 47.4 Å². The fourth-order valence-electron chi connectivity index (χ4n) is 2.72. The molecule has 2 rings (SSSR count). The molecule has 23 heavy (non-hydrogen) atoms. The molecule has 1 atom stereocenters. The lowest BCUT2D eigenvalue weighted by Gasteiger charge is -2.37. The maximum Gasteiger partial charge on any atom is 0.409 e. The monoisotopic (exact) mass is 323 g/mol. The first-order chi connectivity index (χ1) is 10.9. The van der Waals surface area contributed by atoms with E-state index in [0.717, 1.165) is 5.56 Å². The maximum absolute atomic E-state index is 13.1. The number of carbonyl (C=O) groups is 2. The van der Waals surface area contributed by atoms with Crippen LogP contribution in [0, 0.1) is 5.82 Å². The van der Waals surface area contributed by atoms with E-state index in [0.29, 0.717) is 26.2 Å². The molecule has 0 aliphatic carbocycles. The van der Waals surface area contributed by atoms with Gasteiger partial charge in [0.25, 0.3) is 0 Å². The highest BCUT2D eigenvalue weighted by molar-refractivity contribution is 5.83. The van der Waals surface area contributed by atoms with E-state index < -0.39 is 6.04 Å². The van der Waals surface area contributed by atoms with Crippen molar-refractivity contribution in [3.05, 3.63) is 35.6 Å². The van der Waals surface area contributed by atoms with Crippen LogP contribution in [0.3, 0.4) is 0 Å². The summed E-state index contributed by atoms with van der Waals surface area (Å²) < 4.78 is 17.8. The Kier molecular flexibility index (Phi) is 5.54. The Balaban J connectivity index is 2.08. The van der Waals surface area contributed by atoms with Crippen LogP contribution in [-0.2, 0) is 9.53 Å². The molecule has 1 aliphatic heterocycles. The fraction of sp³-hybridized carbons (Fsp3) is 0.500. The summed E-state index contributed by atoms with van der Waals surface area (Å²) in [4.78, 5) is 29.4. The lowest BCUT2D eigenvalue weighted by Crippen LogP contribution is -2.52. The molecule has 1 heterocycles. The minimum Gasteiger partial charge on any atom is -0.453 e. The molecule has 1 saturated heterocycles. The van der Waals surface area contributed by atoms with E-state index >= 15 is 0 Å². The average molecular weight is 323 g/mol. The zero-order valence-electron chi connectivity index (χ0n) is 13.7. The second-order valence-corrected chi connectivity index (χ2v) is 5.70. The first-order valence-electron chi connectivity index (χ1n) is 7.47. The van der Waals surface area contributed by atoms with Crippen molar-refractivity contribution in [1.82, 2.24) is 14.7 Å². The minimum atomic E-state index is -0.472. The highest BCUT2D eigenvalue weighted by atomic mass is 19.1. The van der Waals surface area contributed by atoms with E-state index in [-0.39, 0.29) is 17.8 Å². The van der Waals surface area contributed by atoms with Crippen molar-refractivity contribution in [3.8, 4) is 0 Å². The van der Waals surface area contributed by atoms with Crippen LogP contribution in [-0.4, -0.2) is 74.1 Å². The number of piperazine rings is 1. The van der Waals surface area contributed by atoms with Gasteiger partial charge in [0.05, 0.1) is 7.11 Å². The summed E-state index contributed by atoms with van der Waals surface area (Å²) in [5.74, 6) is -0.378. The summed E-state index contributed by atoms with van der Waals surface area (Å²) in [5.41, 5.74) is 0.747. The van der Waals surface area contributed by atoms with Gasteiger partial charge in [-0.05, 0) is 31.8 Å². The molecule has 0 saturated carbocycles. The number of benzene rings is 1. The Hall–Kier alpha value is -2.15. The Morgan fingerprint density at radius 3 is 2.09 bits per heavy atom. The summed E-state index contributed by atoms with van der Waals surface area (Å²) >= 11 is 0. The van der Waals surface area contributed by atoms with Gasteiger partial charge in [0.15, 0.2) is 0 Å². The van der Waals surface area contributed by atoms with Gasteiger partial charge in [-0.3, -0.25) is 9.69 Å². The third-order valence-corrected chi connectivity index (χ3v) is 3.96. The van der Waals surface area contributed by atoms with Crippen LogP contribution >= 0.6 is 0 Å². The third kappa shape index (κ3) is 3.98. The molecule has 7 heteroatoms. The first kappa shape index (κ1) is 17.2. The lowest BCUT2D eigenvalue weighted by atomic mass is 10.0. The topological polar surface area (TPSA) is 53.1 Å². The summed E-state index contributed by atoms with van der Waals surface area (Å²) in [5, 5.41) is 0. The molecule has 0 N–H and O–H groups in total. The quantitative estimate of drug-likeness (QED) is 0.842. The highest BCUT2D eigenvalue weighted by Crippen LogP contribution is 2.22. The van der Waals surface area contributed by atoms with Gasteiger partial charge < -0.3 is 14.5 Å². The van der Waals surface area contributed by atoms with Crippen molar-refractivity contribution in [2.24, 2.45) is 0 Å². The average Bonchev–Trinajstić information content (AvgIpc) is 2.56. The number of likely N-dealkylation sites (N-methyl/N-ethyl adjacent to an activating group) is 1. The number of halogens is 1. The largest absolute Gasteiger partial charge is 0.453 e. The molecule has 126 valence electrons. The normalized spacial score (nSPS) is 16.4. The number of ether oxygens (including phenoxy) is 1. The summed E-state index contributed by atoms with van der Waals surface area (Å²) in [6.07, 6.45) is -0.375. The first-order valence-corrected chi connectivity index (χ1v) is 7.47. The van der Waals surface area contributed by atoms with Gasteiger partial charge >= 0.3 is 6.09 Å². The van der Waals surface area contributed by atoms with Gasteiger partial charge in [0, 0.05) is 26.2 Å². The van der Waals surface area contributed by atoms with Crippen molar-refractivity contribution < 1.29 is 18.7 Å². The third-order valence-electron chi connectivity index (χ3n) is 3.96. The van der Waals surface area contributed by atoms with Crippen molar-refractivity contribution in [3.63, 3.8) is 0 Å². The van der Waals surface area contributed by atoms with Crippen LogP contribution < -0.4 is 0 Å². The molecular formula is C16H22FN3O3. The standard InChI is InChI=1S/C16H22FN3O3/c1-18(2)14(12-4-6-13(17)7-5-12)15(21)19-8-10-20(11-9-19)16(22)23-3/h4-7,14H,8-11H2,1-3H3/t14-/m1/s1. The van der Waals surface area contributed by atoms with Crippen LogP contribution in [0.1, 0.15) is 11.6 Å². The molecule has 1 aromatic carbocycles. The van der Waals surface area contributed by atoms with Crippen LogP contribution in [0.2, 0.25) is 0 Å². The van der Waals surface area contributed by atoms with E-state index in [9.17, 15) is 14.0 Å². The van der Waals surface area contributed by atoms with E-state index in [4.69, 9.17) is 4.74 Å². The number of hydrogen-bond acceptors (Lipinski definition) is 4. The number of amides is 2. The van der Waals surface area contributed by atoms with Crippen molar-refractivity contribution in [1.29, 1.82) is 0 Å². The summed E-state index contributed by atoms with van der Waals surface area (Å²) in [6, 6.07) is 5.49. The smallest absolute Gasteiger partial charge is 0.409 e. The summed E-state index contributed by atoms with van der Waals surface area (Å²) in [6.45, 7) is 1.81. The zero-order valence-corrected chi connectivity index (χ0v) is 13.7. The molecule has 1 aliphatic rings. The minimum absolute atomic E-state index is 0.0499. The molecular weight excluding hydrogens is 301 g/mol. The Morgan fingerprint density at radius 1 is 1.09 bits per heavy atom. The number of rotatable bonds is 3. The molecule has 1 fully saturated rings. The molecule has 0 unspecified atom stereocenters. The van der Waals surface area contributed by atoms with E-state index in [2.05, 4.69) is 0 Å². The molecule has 0 aromatic heterocycles. The Morgan fingerprint density at radius 2 is 1.61 bits per heavy atom. The van der Waals surface area contributed by atoms with Gasteiger partial charge in [-0.1, -0.05) is 12.1 Å². The van der Waals surface area contributed by atoms with Crippen LogP contribution in [0.4, 0.5) is 9.18 Å². The SMILES string of the molecule is COC(=O)N1CCN(C(=O)[C@@H](c2ccc(F)cc2)N(C)C)CC1. The van der Waals surface area contributed by atoms with Gasteiger partial charge in [-0.15, -0.1) is 0 Å². The Bertz CT molecular complexity index is 554. The predicted octanol–water partition coefficient (Wildman–Crippen LogP) is 1.34. The van der Waals surface area contributed by atoms with E-state index in [1.165, 1.54) is 19.2 Å². The lowest BCUT2D eigenvalue weighted by molar-refractivity contribution is -0.138.